The monoisotopic (exact) mass is 192 g/mol. The van der Waals surface area contributed by atoms with Gasteiger partial charge in [0.25, 0.3) is 5.91 Å². The first kappa shape index (κ1) is 8.93. The van der Waals surface area contributed by atoms with E-state index in [1.165, 1.54) is 0 Å². The molecular formula is C9H12N4O. The Balaban J connectivity index is 2.17. The zero-order valence-electron chi connectivity index (χ0n) is 7.95. The second-order valence-electron chi connectivity index (χ2n) is 3.50. The van der Waals surface area contributed by atoms with Crippen LogP contribution in [0.15, 0.2) is 6.07 Å². The fourth-order valence-corrected chi connectivity index (χ4v) is 1.19. The first-order chi connectivity index (χ1) is 6.65. The summed E-state index contributed by atoms with van der Waals surface area (Å²) in [4.78, 5) is 19.3. The highest BCUT2D eigenvalue weighted by Gasteiger charge is 2.24. The van der Waals surface area contributed by atoms with Crippen LogP contribution in [0.3, 0.4) is 0 Å². The van der Waals surface area contributed by atoms with Gasteiger partial charge in [0.1, 0.15) is 5.69 Å². The molecule has 5 nitrogen and oxygen atoms in total. The minimum absolute atomic E-state index is 0.144. The third kappa shape index (κ3) is 1.99. The first-order valence-electron chi connectivity index (χ1n) is 4.57. The molecule has 5 heteroatoms. The van der Waals surface area contributed by atoms with Gasteiger partial charge in [-0.2, -0.15) is 0 Å². The normalized spacial score (nSPS) is 15.2. The number of carbonyl (C=O) groups is 1. The molecule has 14 heavy (non-hydrogen) atoms. The minimum Gasteiger partial charge on any atom is -0.368 e. The lowest BCUT2D eigenvalue weighted by atomic mass is 10.3. The highest BCUT2D eigenvalue weighted by Crippen LogP contribution is 2.19. The molecule has 1 fully saturated rings. The molecule has 1 saturated carbocycles. The quantitative estimate of drug-likeness (QED) is 0.704. The van der Waals surface area contributed by atoms with Gasteiger partial charge in [-0.15, -0.1) is 0 Å². The topological polar surface area (TPSA) is 80.9 Å². The largest absolute Gasteiger partial charge is 0.368 e. The predicted octanol–water partition coefficient (Wildman–Crippen LogP) is 0.259. The third-order valence-corrected chi connectivity index (χ3v) is 2.02. The molecule has 1 heterocycles. The Morgan fingerprint density at radius 2 is 2.29 bits per heavy atom. The molecule has 0 aliphatic heterocycles. The van der Waals surface area contributed by atoms with Gasteiger partial charge in [0, 0.05) is 11.7 Å². The molecule has 0 atom stereocenters. The molecule has 3 N–H and O–H groups in total. The molecular weight excluding hydrogens is 180 g/mol. The van der Waals surface area contributed by atoms with E-state index in [1.54, 1.807) is 13.0 Å². The van der Waals surface area contributed by atoms with Crippen molar-refractivity contribution in [1.29, 1.82) is 0 Å². The number of aryl methyl sites for hydroxylation is 1. The number of anilines is 1. The summed E-state index contributed by atoms with van der Waals surface area (Å²) < 4.78 is 0. The third-order valence-electron chi connectivity index (χ3n) is 2.02. The fourth-order valence-electron chi connectivity index (χ4n) is 1.19. The van der Waals surface area contributed by atoms with Crippen molar-refractivity contribution in [3.8, 4) is 0 Å². The molecule has 1 aliphatic carbocycles. The minimum atomic E-state index is -0.162. The SMILES string of the molecule is Cc1cc(C(=O)NC2CC2)nc(N)n1. The summed E-state index contributed by atoms with van der Waals surface area (Å²) >= 11 is 0. The van der Waals surface area contributed by atoms with E-state index in [9.17, 15) is 4.79 Å². The van der Waals surface area contributed by atoms with Crippen molar-refractivity contribution in [2.24, 2.45) is 0 Å². The van der Waals surface area contributed by atoms with Crippen LogP contribution in [0.4, 0.5) is 5.95 Å². The van der Waals surface area contributed by atoms with Crippen LogP contribution < -0.4 is 11.1 Å². The van der Waals surface area contributed by atoms with Gasteiger partial charge in [-0.1, -0.05) is 0 Å². The molecule has 1 aromatic heterocycles. The van der Waals surface area contributed by atoms with E-state index >= 15 is 0 Å². The van der Waals surface area contributed by atoms with Crippen LogP contribution in [0.25, 0.3) is 0 Å². The Morgan fingerprint density at radius 1 is 1.57 bits per heavy atom. The maximum atomic E-state index is 11.5. The van der Waals surface area contributed by atoms with Crippen LogP contribution >= 0.6 is 0 Å². The molecule has 0 aromatic carbocycles. The van der Waals surface area contributed by atoms with Gasteiger partial charge in [-0.3, -0.25) is 4.79 Å². The number of carbonyl (C=O) groups excluding carboxylic acids is 1. The van der Waals surface area contributed by atoms with Crippen LogP contribution in [-0.2, 0) is 0 Å². The number of rotatable bonds is 2. The summed E-state index contributed by atoms with van der Waals surface area (Å²) in [5, 5.41) is 2.84. The Morgan fingerprint density at radius 3 is 2.86 bits per heavy atom. The van der Waals surface area contributed by atoms with Crippen molar-refractivity contribution in [3.05, 3.63) is 17.5 Å². The summed E-state index contributed by atoms with van der Waals surface area (Å²) in [5.74, 6) is -0.0179. The molecule has 2 rings (SSSR count). The highest BCUT2D eigenvalue weighted by molar-refractivity contribution is 5.92. The Hall–Kier alpha value is -1.65. The highest BCUT2D eigenvalue weighted by atomic mass is 16.2. The Kier molecular flexibility index (Phi) is 2.07. The molecule has 0 saturated heterocycles. The van der Waals surface area contributed by atoms with E-state index in [4.69, 9.17) is 5.73 Å². The molecule has 0 radical (unpaired) electrons. The summed E-state index contributed by atoms with van der Waals surface area (Å²) in [6.45, 7) is 1.78. The lowest BCUT2D eigenvalue weighted by Gasteiger charge is -2.03. The summed E-state index contributed by atoms with van der Waals surface area (Å²) in [6.07, 6.45) is 2.12. The Bertz CT molecular complexity index is 353. The zero-order valence-corrected chi connectivity index (χ0v) is 7.95. The van der Waals surface area contributed by atoms with Crippen molar-refractivity contribution in [3.63, 3.8) is 0 Å². The summed E-state index contributed by atoms with van der Waals surface area (Å²) in [7, 11) is 0. The first-order valence-corrected chi connectivity index (χ1v) is 4.57. The van der Waals surface area contributed by atoms with Crippen molar-refractivity contribution in [2.45, 2.75) is 25.8 Å². The average Bonchev–Trinajstić information content (AvgIpc) is 2.86. The smallest absolute Gasteiger partial charge is 0.270 e. The van der Waals surface area contributed by atoms with Gasteiger partial charge >= 0.3 is 0 Å². The molecule has 0 unspecified atom stereocenters. The van der Waals surface area contributed by atoms with E-state index in [-0.39, 0.29) is 11.9 Å². The number of aromatic nitrogens is 2. The van der Waals surface area contributed by atoms with E-state index < -0.39 is 0 Å². The van der Waals surface area contributed by atoms with Crippen LogP contribution in [0.1, 0.15) is 29.0 Å². The lowest BCUT2D eigenvalue weighted by Crippen LogP contribution is -2.26. The van der Waals surface area contributed by atoms with Gasteiger partial charge in [0.2, 0.25) is 5.95 Å². The van der Waals surface area contributed by atoms with Crippen molar-refractivity contribution < 1.29 is 4.79 Å². The zero-order chi connectivity index (χ0) is 10.1. The molecule has 74 valence electrons. The Labute approximate surface area is 81.7 Å². The van der Waals surface area contributed by atoms with Gasteiger partial charge in [0.05, 0.1) is 0 Å². The molecule has 1 aromatic rings. The maximum absolute atomic E-state index is 11.5. The molecule has 0 spiro atoms. The summed E-state index contributed by atoms with van der Waals surface area (Å²) in [6, 6.07) is 1.97. The summed E-state index contributed by atoms with van der Waals surface area (Å²) in [5.41, 5.74) is 6.50. The van der Waals surface area contributed by atoms with Crippen LogP contribution in [0, 0.1) is 6.92 Å². The average molecular weight is 192 g/mol. The molecule has 1 amide bonds. The van der Waals surface area contributed by atoms with Gasteiger partial charge in [-0.25, -0.2) is 9.97 Å². The van der Waals surface area contributed by atoms with Gasteiger partial charge in [0.15, 0.2) is 0 Å². The molecule has 1 aliphatic rings. The second-order valence-corrected chi connectivity index (χ2v) is 3.50. The van der Waals surface area contributed by atoms with E-state index in [1.807, 2.05) is 0 Å². The van der Waals surface area contributed by atoms with Gasteiger partial charge < -0.3 is 11.1 Å². The number of nitrogens with one attached hydrogen (secondary N) is 1. The predicted molar refractivity (Wildman–Crippen MR) is 51.7 cm³/mol. The van der Waals surface area contributed by atoms with E-state index in [0.717, 1.165) is 12.8 Å². The van der Waals surface area contributed by atoms with Crippen molar-refractivity contribution in [2.75, 3.05) is 5.73 Å². The number of amides is 1. The van der Waals surface area contributed by atoms with Crippen molar-refractivity contribution in [1.82, 2.24) is 15.3 Å². The number of nitrogens with two attached hydrogens (primary N) is 1. The van der Waals surface area contributed by atoms with Crippen LogP contribution in [0.2, 0.25) is 0 Å². The number of nitrogens with zero attached hydrogens (tertiary/aromatic N) is 2. The van der Waals surface area contributed by atoms with E-state index in [0.29, 0.717) is 17.4 Å². The molecule has 0 bridgehead atoms. The lowest BCUT2D eigenvalue weighted by molar-refractivity contribution is 0.0946. The number of hydrogen-bond acceptors (Lipinski definition) is 4. The standard InChI is InChI=1S/C9H12N4O/c1-5-4-7(13-9(10)11-5)8(14)12-6-2-3-6/h4,6H,2-3H2,1H3,(H,12,14)(H2,10,11,13). The second kappa shape index (κ2) is 3.25. The maximum Gasteiger partial charge on any atom is 0.270 e. The van der Waals surface area contributed by atoms with Crippen molar-refractivity contribution >= 4 is 11.9 Å². The number of hydrogen-bond donors (Lipinski definition) is 2. The number of nitrogen functional groups attached to an aromatic ring is 1. The fraction of sp³-hybridized carbons (Fsp3) is 0.444. The van der Waals surface area contributed by atoms with Gasteiger partial charge in [-0.05, 0) is 25.8 Å². The van der Waals surface area contributed by atoms with Crippen LogP contribution in [-0.4, -0.2) is 21.9 Å². The van der Waals surface area contributed by atoms with E-state index in [2.05, 4.69) is 15.3 Å². The van der Waals surface area contributed by atoms with Crippen LogP contribution in [0.5, 0.6) is 0 Å².